The molecule has 0 atom stereocenters. The van der Waals surface area contributed by atoms with Crippen molar-refractivity contribution in [1.82, 2.24) is 9.38 Å². The topological polar surface area (TPSA) is 119 Å². The molecule has 3 aromatic heterocycles. The number of carbonyl (C=O) groups is 2. The lowest BCUT2D eigenvalue weighted by Gasteiger charge is -2.27. The molecule has 0 unspecified atom stereocenters. The Labute approximate surface area is 192 Å². The first-order valence-electron chi connectivity index (χ1n) is 9.51. The summed E-state index contributed by atoms with van der Waals surface area (Å²) in [6, 6.07) is 12.3. The first-order chi connectivity index (χ1) is 15.2. The predicted molar refractivity (Wildman–Crippen MR) is 124 cm³/mol. The first-order valence-corrected chi connectivity index (χ1v) is 10.7. The number of nitrogens with one attached hydrogen (secondary N) is 1. The summed E-state index contributed by atoms with van der Waals surface area (Å²) in [5.74, 6) is -0.255. The highest BCUT2D eigenvalue weighted by molar-refractivity contribution is 7.17. The second kappa shape index (κ2) is 8.18. The van der Waals surface area contributed by atoms with Gasteiger partial charge < -0.3 is 15.6 Å². The number of pyridine rings is 1. The number of thiophene rings is 1. The minimum Gasteiger partial charge on any atom is -0.481 e. The molecule has 0 bridgehead atoms. The van der Waals surface area contributed by atoms with Crippen LogP contribution < -0.4 is 15.8 Å². The summed E-state index contributed by atoms with van der Waals surface area (Å²) >= 11 is 7.54. The third-order valence-corrected chi connectivity index (χ3v) is 6.31. The van der Waals surface area contributed by atoms with Crippen LogP contribution in [-0.4, -0.2) is 26.5 Å². The normalized spacial score (nSPS) is 11.5. The molecule has 0 spiro atoms. The van der Waals surface area contributed by atoms with Crippen molar-refractivity contribution in [2.45, 2.75) is 19.4 Å². The number of aromatic nitrogens is 2. The van der Waals surface area contributed by atoms with Crippen LogP contribution in [0.15, 0.2) is 54.9 Å². The van der Waals surface area contributed by atoms with Crippen molar-refractivity contribution < 1.29 is 19.4 Å². The van der Waals surface area contributed by atoms with Crippen molar-refractivity contribution in [3.05, 3.63) is 70.3 Å². The molecule has 0 aliphatic rings. The van der Waals surface area contributed by atoms with Crippen molar-refractivity contribution in [3.63, 3.8) is 0 Å². The number of benzene rings is 1. The highest BCUT2D eigenvalue weighted by Gasteiger charge is 2.29. The van der Waals surface area contributed by atoms with E-state index in [0.717, 1.165) is 10.4 Å². The lowest BCUT2D eigenvalue weighted by molar-refractivity contribution is 0.0956. The molecule has 0 aliphatic carbocycles. The summed E-state index contributed by atoms with van der Waals surface area (Å²) in [4.78, 5) is 28.4. The summed E-state index contributed by atoms with van der Waals surface area (Å²) in [6.45, 7) is 3.73. The average Bonchev–Trinajstić information content (AvgIpc) is 3.31. The Bertz CT molecular complexity index is 1340. The van der Waals surface area contributed by atoms with Gasteiger partial charge in [-0.25, -0.2) is 9.78 Å². The number of rotatable bonds is 6. The van der Waals surface area contributed by atoms with Gasteiger partial charge in [0, 0.05) is 34.6 Å². The summed E-state index contributed by atoms with van der Waals surface area (Å²) in [5.41, 5.74) is 7.23. The second-order valence-corrected chi connectivity index (χ2v) is 8.94. The number of primary amides is 1. The van der Waals surface area contributed by atoms with Crippen molar-refractivity contribution in [2.75, 3.05) is 5.32 Å². The molecule has 0 saturated carbocycles. The van der Waals surface area contributed by atoms with Gasteiger partial charge in [0.05, 0.1) is 16.8 Å². The van der Waals surface area contributed by atoms with Crippen LogP contribution in [0.25, 0.3) is 16.2 Å². The van der Waals surface area contributed by atoms with Gasteiger partial charge >= 0.3 is 6.09 Å². The summed E-state index contributed by atoms with van der Waals surface area (Å²) < 4.78 is 8.02. The lowest BCUT2D eigenvalue weighted by atomic mass is 9.98. The maximum absolute atomic E-state index is 12.1. The fraction of sp³-hybridized carbons (Fsp3) is 0.136. The number of hydrogen-bond donors (Lipinski definition) is 3. The Hall–Kier alpha value is -3.56. The third-order valence-electron chi connectivity index (χ3n) is 4.83. The smallest absolute Gasteiger partial charge is 0.409 e. The molecule has 0 radical (unpaired) electrons. The SMILES string of the molecule is CC(C)(Oc1cc(-c2cnc3cc(NC(=O)O)ccn23)sc1C(N)=O)c1ccccc1Cl. The fourth-order valence-electron chi connectivity index (χ4n) is 3.39. The van der Waals surface area contributed by atoms with Crippen LogP contribution in [0.1, 0.15) is 29.1 Å². The van der Waals surface area contributed by atoms with Crippen molar-refractivity contribution in [3.8, 4) is 16.3 Å². The first kappa shape index (κ1) is 21.7. The number of nitrogens with two attached hydrogens (primary N) is 1. The van der Waals surface area contributed by atoms with Crippen LogP contribution in [0.5, 0.6) is 5.75 Å². The van der Waals surface area contributed by atoms with Crippen LogP contribution in [0.2, 0.25) is 5.02 Å². The van der Waals surface area contributed by atoms with Gasteiger partial charge in [-0.1, -0.05) is 29.8 Å². The summed E-state index contributed by atoms with van der Waals surface area (Å²) in [5, 5.41) is 11.7. The number of carboxylic acid groups (broad SMARTS) is 1. The van der Waals surface area contributed by atoms with Gasteiger partial charge in [0.2, 0.25) is 0 Å². The van der Waals surface area contributed by atoms with Crippen molar-refractivity contribution in [1.29, 1.82) is 0 Å². The average molecular weight is 471 g/mol. The maximum atomic E-state index is 12.1. The van der Waals surface area contributed by atoms with Crippen LogP contribution in [0.4, 0.5) is 10.5 Å². The number of imidazole rings is 1. The third kappa shape index (κ3) is 4.12. The molecule has 4 rings (SSSR count). The zero-order chi connectivity index (χ0) is 23.0. The molecule has 0 fully saturated rings. The molecule has 0 aliphatic heterocycles. The van der Waals surface area contributed by atoms with Crippen LogP contribution in [-0.2, 0) is 5.60 Å². The molecule has 0 saturated heterocycles. The largest absolute Gasteiger partial charge is 0.481 e. The Morgan fingerprint density at radius 1 is 1.25 bits per heavy atom. The van der Waals surface area contributed by atoms with E-state index in [-0.39, 0.29) is 4.88 Å². The molecular formula is C22H19ClN4O4S. The van der Waals surface area contributed by atoms with Gasteiger partial charge in [0.1, 0.15) is 21.9 Å². The van der Waals surface area contributed by atoms with Gasteiger partial charge in [-0.05, 0) is 26.0 Å². The van der Waals surface area contributed by atoms with E-state index in [1.807, 2.05) is 32.0 Å². The molecule has 10 heteroatoms. The van der Waals surface area contributed by atoms with Gasteiger partial charge in [-0.3, -0.25) is 14.5 Å². The Morgan fingerprint density at radius 3 is 2.69 bits per heavy atom. The van der Waals surface area contributed by atoms with Gasteiger partial charge in [-0.2, -0.15) is 0 Å². The number of nitrogens with zero attached hydrogens (tertiary/aromatic N) is 2. The molecule has 32 heavy (non-hydrogen) atoms. The standard InChI is InChI=1S/C22H19ClN4O4S/c1-22(2,13-5-3-4-6-14(13)23)31-16-10-17(32-19(16)20(24)28)15-11-25-18-9-12(26-21(29)30)7-8-27(15)18/h3-11,26H,1-2H3,(H2,24,28)(H,29,30). The Kier molecular flexibility index (Phi) is 5.53. The van der Waals surface area contributed by atoms with E-state index in [9.17, 15) is 9.59 Å². The van der Waals surface area contributed by atoms with E-state index < -0.39 is 17.6 Å². The zero-order valence-electron chi connectivity index (χ0n) is 17.1. The van der Waals surface area contributed by atoms with E-state index in [0.29, 0.717) is 27.8 Å². The van der Waals surface area contributed by atoms with Crippen LogP contribution >= 0.6 is 22.9 Å². The maximum Gasteiger partial charge on any atom is 0.409 e. The predicted octanol–water partition coefficient (Wildman–Crippen LogP) is 5.22. The quantitative estimate of drug-likeness (QED) is 0.357. The molecule has 1 aromatic carbocycles. The summed E-state index contributed by atoms with van der Waals surface area (Å²) in [7, 11) is 0. The van der Waals surface area contributed by atoms with E-state index in [4.69, 9.17) is 27.2 Å². The molecular weight excluding hydrogens is 452 g/mol. The van der Waals surface area contributed by atoms with Crippen LogP contribution in [0, 0.1) is 0 Å². The number of anilines is 1. The van der Waals surface area contributed by atoms with Gasteiger partial charge in [0.25, 0.3) is 5.91 Å². The van der Waals surface area contributed by atoms with Gasteiger partial charge in [-0.15, -0.1) is 11.3 Å². The van der Waals surface area contributed by atoms with E-state index >= 15 is 0 Å². The molecule has 8 nitrogen and oxygen atoms in total. The molecule has 4 N–H and O–H groups in total. The van der Waals surface area contributed by atoms with E-state index in [1.54, 1.807) is 41.1 Å². The van der Waals surface area contributed by atoms with Gasteiger partial charge in [0.15, 0.2) is 0 Å². The molecule has 164 valence electrons. The zero-order valence-corrected chi connectivity index (χ0v) is 18.7. The van der Waals surface area contributed by atoms with Crippen molar-refractivity contribution in [2.24, 2.45) is 5.73 Å². The van der Waals surface area contributed by atoms with E-state index in [1.165, 1.54) is 11.3 Å². The number of ether oxygens (including phenoxy) is 1. The Balaban J connectivity index is 1.73. The number of halogens is 1. The number of fused-ring (bicyclic) bond motifs is 1. The van der Waals surface area contributed by atoms with Crippen LogP contribution in [0.3, 0.4) is 0 Å². The fourth-order valence-corrected chi connectivity index (χ4v) is 4.70. The minimum atomic E-state index is -1.16. The number of hydrogen-bond acceptors (Lipinski definition) is 5. The molecule has 4 aromatic rings. The second-order valence-electron chi connectivity index (χ2n) is 7.48. The van der Waals surface area contributed by atoms with Crippen molar-refractivity contribution >= 4 is 46.3 Å². The lowest BCUT2D eigenvalue weighted by Crippen LogP contribution is -2.26. The molecule has 2 amide bonds. The number of amides is 2. The highest BCUT2D eigenvalue weighted by Crippen LogP contribution is 2.40. The minimum absolute atomic E-state index is 0.277. The summed E-state index contributed by atoms with van der Waals surface area (Å²) in [6.07, 6.45) is 2.17. The highest BCUT2D eigenvalue weighted by atomic mass is 35.5. The number of carbonyl (C=O) groups excluding carboxylic acids is 1. The van der Waals surface area contributed by atoms with E-state index in [2.05, 4.69) is 10.3 Å². The Morgan fingerprint density at radius 2 is 2.00 bits per heavy atom. The monoisotopic (exact) mass is 470 g/mol. The molecule has 3 heterocycles.